The fourth-order valence-electron chi connectivity index (χ4n) is 3.91. The van der Waals surface area contributed by atoms with Gasteiger partial charge < -0.3 is 15.8 Å². The van der Waals surface area contributed by atoms with E-state index in [1.54, 1.807) is 30.5 Å². The second kappa shape index (κ2) is 15.0. The van der Waals surface area contributed by atoms with Crippen LogP contribution in [0.1, 0.15) is 45.1 Å². The maximum atomic E-state index is 15.2. The van der Waals surface area contributed by atoms with E-state index in [2.05, 4.69) is 46.5 Å². The number of hydrogen-bond donors (Lipinski definition) is 3. The van der Waals surface area contributed by atoms with E-state index in [9.17, 15) is 4.39 Å². The number of nitrogens with one attached hydrogen (secondary N) is 2. The van der Waals surface area contributed by atoms with Gasteiger partial charge in [-0.1, -0.05) is 19.4 Å². The molecular formula is C27H38F2N6O. The Hall–Kier alpha value is -3.30. The fraction of sp³-hybridized carbons (Fsp3) is 0.407. The molecule has 0 bridgehead atoms. The zero-order valence-electron chi connectivity index (χ0n) is 21.4. The Morgan fingerprint density at radius 2 is 2.08 bits per heavy atom. The van der Waals surface area contributed by atoms with Crippen LogP contribution >= 0.6 is 0 Å². The number of allylic oxidation sites excluding steroid dienone is 3. The maximum absolute atomic E-state index is 15.2. The first-order valence-corrected chi connectivity index (χ1v) is 12.2. The zero-order valence-corrected chi connectivity index (χ0v) is 21.4. The number of nitrogens with zero attached hydrogens (tertiary/aromatic N) is 3. The van der Waals surface area contributed by atoms with Gasteiger partial charge in [-0.05, 0) is 70.8 Å². The lowest BCUT2D eigenvalue weighted by Gasteiger charge is -2.27. The predicted octanol–water partition coefficient (Wildman–Crippen LogP) is 4.91. The molecule has 1 atom stereocenters. The van der Waals surface area contributed by atoms with E-state index in [0.29, 0.717) is 0 Å². The molecule has 0 saturated carbocycles. The monoisotopic (exact) mass is 500 g/mol. The van der Waals surface area contributed by atoms with Gasteiger partial charge in [0.15, 0.2) is 11.6 Å². The molecule has 4 N–H and O–H groups in total. The smallest absolute Gasteiger partial charge is 0.201 e. The lowest BCUT2D eigenvalue weighted by molar-refractivity contribution is 0.304. The van der Waals surface area contributed by atoms with Crippen molar-refractivity contribution in [2.24, 2.45) is 21.1 Å². The van der Waals surface area contributed by atoms with Crippen LogP contribution in [-0.4, -0.2) is 44.7 Å². The normalized spacial score (nSPS) is 17.7. The van der Waals surface area contributed by atoms with Crippen LogP contribution in [0.3, 0.4) is 0 Å². The van der Waals surface area contributed by atoms with Crippen molar-refractivity contribution in [2.45, 2.75) is 39.5 Å². The van der Waals surface area contributed by atoms with E-state index in [4.69, 9.17) is 10.5 Å². The van der Waals surface area contributed by atoms with Gasteiger partial charge in [0.05, 0.1) is 17.6 Å². The highest BCUT2D eigenvalue weighted by atomic mass is 19.2. The van der Waals surface area contributed by atoms with Crippen LogP contribution < -0.4 is 21.2 Å². The Morgan fingerprint density at radius 1 is 1.28 bits per heavy atom. The van der Waals surface area contributed by atoms with E-state index in [1.807, 2.05) is 13.1 Å². The number of ether oxygens (including phenoxy) is 1. The van der Waals surface area contributed by atoms with Gasteiger partial charge in [0.1, 0.15) is 6.61 Å². The van der Waals surface area contributed by atoms with Crippen LogP contribution in [0.5, 0.6) is 5.75 Å². The summed E-state index contributed by atoms with van der Waals surface area (Å²) in [6.45, 7) is 8.70. The predicted molar refractivity (Wildman–Crippen MR) is 144 cm³/mol. The first kappa shape index (κ1) is 28.9. The molecule has 7 nitrogen and oxygen atoms in total. The number of rotatable bonds is 16. The van der Waals surface area contributed by atoms with E-state index in [0.717, 1.165) is 37.9 Å². The van der Waals surface area contributed by atoms with Gasteiger partial charge in [0, 0.05) is 36.1 Å². The minimum atomic E-state index is -1.10. The van der Waals surface area contributed by atoms with Gasteiger partial charge in [-0.2, -0.15) is 4.39 Å². The van der Waals surface area contributed by atoms with E-state index < -0.39 is 11.6 Å². The Balaban J connectivity index is 2.39. The summed E-state index contributed by atoms with van der Waals surface area (Å²) in [5.74, 6) is -2.37. The summed E-state index contributed by atoms with van der Waals surface area (Å²) in [7, 11) is 1.95. The molecule has 36 heavy (non-hydrogen) atoms. The highest BCUT2D eigenvalue weighted by molar-refractivity contribution is 5.67. The molecule has 0 aliphatic heterocycles. The standard InChI is InChI=1S/C27H38F2N6O/c1-5-27(12-7-8-15-31-3)13-11-21(19-27)34-35(17-16-33-6-2)23(20-32-4)22-9-10-24(36-18-14-30)26(29)25(22)28/h6,9-11,13,16-17,19-20,31,34H,4-5,7-8,12,14-15,18,30H2,1-3H3/b17-16-,23-20-,33-6-. The highest BCUT2D eigenvalue weighted by Gasteiger charge is 2.27. The second-order valence-electron chi connectivity index (χ2n) is 8.34. The number of benzene rings is 1. The molecule has 0 fully saturated rings. The zero-order chi connectivity index (χ0) is 26.4. The topological polar surface area (TPSA) is 87.3 Å². The van der Waals surface area contributed by atoms with Crippen LogP contribution in [0, 0.1) is 17.0 Å². The van der Waals surface area contributed by atoms with Gasteiger partial charge in [0.2, 0.25) is 5.82 Å². The molecule has 0 saturated heterocycles. The third-order valence-corrected chi connectivity index (χ3v) is 5.89. The number of unbranched alkanes of at least 4 members (excludes halogenated alkanes) is 1. The van der Waals surface area contributed by atoms with E-state index in [1.165, 1.54) is 18.3 Å². The molecule has 0 amide bonds. The molecule has 0 radical (unpaired) electrons. The SMILES string of the molecule is C=N/C=C(/c1ccc(OCCN)c(F)c1F)N(/C=C\N=C/C)NC1=CC(CC)(CCCCNC)C=C1. The van der Waals surface area contributed by atoms with Gasteiger partial charge in [-0.25, -0.2) is 4.39 Å². The summed E-state index contributed by atoms with van der Waals surface area (Å²) >= 11 is 0. The molecule has 1 unspecified atom stereocenters. The molecule has 1 aromatic carbocycles. The van der Waals surface area contributed by atoms with Gasteiger partial charge in [0.25, 0.3) is 0 Å². The van der Waals surface area contributed by atoms with E-state index >= 15 is 4.39 Å². The molecule has 9 heteroatoms. The molecule has 0 heterocycles. The minimum Gasteiger partial charge on any atom is -0.489 e. The van der Waals surface area contributed by atoms with Crippen LogP contribution in [0.25, 0.3) is 5.70 Å². The van der Waals surface area contributed by atoms with Crippen molar-refractivity contribution in [3.05, 3.63) is 71.9 Å². The third-order valence-electron chi connectivity index (χ3n) is 5.89. The highest BCUT2D eigenvalue weighted by Crippen LogP contribution is 2.38. The first-order valence-electron chi connectivity index (χ1n) is 12.2. The summed E-state index contributed by atoms with van der Waals surface area (Å²) in [6, 6.07) is 2.80. The van der Waals surface area contributed by atoms with Gasteiger partial charge in [-0.3, -0.25) is 20.4 Å². The van der Waals surface area contributed by atoms with Crippen LogP contribution in [0.4, 0.5) is 8.78 Å². The largest absolute Gasteiger partial charge is 0.489 e. The number of nitrogens with two attached hydrogens (primary N) is 1. The van der Waals surface area contributed by atoms with Crippen LogP contribution in [0.2, 0.25) is 0 Å². The quantitative estimate of drug-likeness (QED) is 0.171. The first-order chi connectivity index (χ1) is 17.4. The lowest BCUT2D eigenvalue weighted by atomic mass is 9.82. The summed E-state index contributed by atoms with van der Waals surface area (Å²) in [6.07, 6.45) is 16.7. The van der Waals surface area contributed by atoms with Gasteiger partial charge >= 0.3 is 0 Å². The Kier molecular flexibility index (Phi) is 12.0. The van der Waals surface area contributed by atoms with Crippen molar-refractivity contribution in [3.8, 4) is 5.75 Å². The fourth-order valence-corrected chi connectivity index (χ4v) is 3.91. The van der Waals surface area contributed by atoms with E-state index in [-0.39, 0.29) is 35.6 Å². The van der Waals surface area contributed by atoms with Crippen molar-refractivity contribution in [1.82, 2.24) is 15.8 Å². The molecule has 1 aromatic rings. The molecular weight excluding hydrogens is 462 g/mol. The minimum absolute atomic E-state index is 0.0194. The van der Waals surface area contributed by atoms with Crippen molar-refractivity contribution >= 4 is 18.6 Å². The molecule has 1 aliphatic carbocycles. The number of halogens is 2. The molecule has 196 valence electrons. The summed E-state index contributed by atoms with van der Waals surface area (Å²) < 4.78 is 35.1. The maximum Gasteiger partial charge on any atom is 0.201 e. The molecule has 0 spiro atoms. The molecule has 0 aromatic heterocycles. The molecule has 2 rings (SSSR count). The third kappa shape index (κ3) is 7.86. The van der Waals surface area contributed by atoms with Crippen molar-refractivity contribution in [1.29, 1.82) is 0 Å². The van der Waals surface area contributed by atoms with Crippen LogP contribution in [-0.2, 0) is 0 Å². The second-order valence-corrected chi connectivity index (χ2v) is 8.34. The van der Waals surface area contributed by atoms with Crippen molar-refractivity contribution < 1.29 is 13.5 Å². The molecule has 1 aliphatic rings. The average Bonchev–Trinajstić information content (AvgIpc) is 3.29. The lowest BCUT2D eigenvalue weighted by Crippen LogP contribution is -2.31. The van der Waals surface area contributed by atoms with Crippen molar-refractivity contribution in [3.63, 3.8) is 0 Å². The van der Waals surface area contributed by atoms with Crippen molar-refractivity contribution in [2.75, 3.05) is 26.7 Å². The summed E-state index contributed by atoms with van der Waals surface area (Å²) in [5.41, 5.74) is 9.68. The number of aliphatic imine (C=N–C) groups is 2. The summed E-state index contributed by atoms with van der Waals surface area (Å²) in [4.78, 5) is 7.94. The Morgan fingerprint density at radius 3 is 2.75 bits per heavy atom. The number of hydrogen-bond acceptors (Lipinski definition) is 7. The Labute approximate surface area is 213 Å². The number of hydrazine groups is 1. The Bertz CT molecular complexity index is 1020. The van der Waals surface area contributed by atoms with Gasteiger partial charge in [-0.15, -0.1) is 0 Å². The van der Waals surface area contributed by atoms with Crippen LogP contribution in [0.15, 0.2) is 64.6 Å². The average molecular weight is 501 g/mol. The summed E-state index contributed by atoms with van der Waals surface area (Å²) in [5, 5.41) is 4.73.